The summed E-state index contributed by atoms with van der Waals surface area (Å²) < 4.78 is 14.2. The van der Waals surface area contributed by atoms with E-state index in [2.05, 4.69) is 58.3 Å². The monoisotopic (exact) mass is 478 g/mol. The van der Waals surface area contributed by atoms with E-state index in [0.717, 1.165) is 65.5 Å². The zero-order chi connectivity index (χ0) is 24.1. The number of amides is 1. The first kappa shape index (κ1) is 24.3. The number of carbonyl (C=O) groups is 1. The smallest absolute Gasteiger partial charge is 0.243 e. The van der Waals surface area contributed by atoms with Crippen LogP contribution in [0.1, 0.15) is 30.1 Å². The van der Waals surface area contributed by atoms with E-state index in [9.17, 15) is 4.79 Å². The molecule has 0 saturated carbocycles. The molecule has 1 unspecified atom stereocenters. The van der Waals surface area contributed by atoms with E-state index < -0.39 is 8.07 Å². The molecule has 0 spiro atoms. The van der Waals surface area contributed by atoms with Crippen LogP contribution in [0.2, 0.25) is 25.7 Å². The molecule has 0 aliphatic carbocycles. The van der Waals surface area contributed by atoms with Crippen molar-refractivity contribution in [2.45, 2.75) is 57.9 Å². The number of hydrogen-bond donors (Lipinski definition) is 1. The third-order valence-corrected chi connectivity index (χ3v) is 7.74. The van der Waals surface area contributed by atoms with E-state index >= 15 is 0 Å². The molecule has 1 aliphatic rings. The Morgan fingerprint density at radius 2 is 2.21 bits per heavy atom. The zero-order valence-corrected chi connectivity index (χ0v) is 21.3. The molecule has 1 aliphatic heterocycles. The van der Waals surface area contributed by atoms with E-state index in [1.807, 2.05) is 18.2 Å². The van der Waals surface area contributed by atoms with Crippen LogP contribution in [0.4, 0.5) is 0 Å². The topological polar surface area (TPSA) is 78.3 Å². The Balaban J connectivity index is 1.68. The summed E-state index contributed by atoms with van der Waals surface area (Å²) in [5.74, 6) is -0.193. The predicted molar refractivity (Wildman–Crippen MR) is 137 cm³/mol. The van der Waals surface area contributed by atoms with Crippen LogP contribution in [0.5, 0.6) is 0 Å². The maximum Gasteiger partial charge on any atom is 0.243 e. The van der Waals surface area contributed by atoms with Gasteiger partial charge in [-0.05, 0) is 36.6 Å². The number of fused-ring (bicyclic) bond motifs is 1. The third kappa shape index (κ3) is 5.81. The number of nitrogens with one attached hydrogen (secondary N) is 1. The van der Waals surface area contributed by atoms with Crippen molar-refractivity contribution in [1.82, 2.24) is 19.9 Å². The molecule has 8 heteroatoms. The van der Waals surface area contributed by atoms with Crippen molar-refractivity contribution in [2.24, 2.45) is 0 Å². The largest absolute Gasteiger partial charge is 0.373 e. The van der Waals surface area contributed by atoms with Gasteiger partial charge in [0.05, 0.1) is 17.2 Å². The highest BCUT2D eigenvalue weighted by Crippen LogP contribution is 2.38. The number of aromatic nitrogens is 3. The fraction of sp³-hybridized carbons (Fsp3) is 0.423. The summed E-state index contributed by atoms with van der Waals surface area (Å²) >= 11 is 0. The van der Waals surface area contributed by atoms with Crippen molar-refractivity contribution in [3.05, 3.63) is 60.6 Å². The number of benzene rings is 1. The lowest BCUT2D eigenvalue weighted by molar-refractivity contribution is -0.116. The highest BCUT2D eigenvalue weighted by Gasteiger charge is 2.26. The van der Waals surface area contributed by atoms with Crippen molar-refractivity contribution in [2.75, 3.05) is 13.2 Å². The van der Waals surface area contributed by atoms with Crippen LogP contribution in [0.25, 0.3) is 22.3 Å². The lowest BCUT2D eigenvalue weighted by atomic mass is 10.0. The Labute approximate surface area is 202 Å². The Morgan fingerprint density at radius 3 is 2.94 bits per heavy atom. The average molecular weight is 479 g/mol. The lowest BCUT2D eigenvalue weighted by Gasteiger charge is -2.15. The van der Waals surface area contributed by atoms with Gasteiger partial charge in [0.25, 0.3) is 0 Å². The molecule has 1 fully saturated rings. The molecule has 180 valence electrons. The van der Waals surface area contributed by atoms with Gasteiger partial charge >= 0.3 is 0 Å². The van der Waals surface area contributed by atoms with Gasteiger partial charge in [0.1, 0.15) is 18.7 Å². The van der Waals surface area contributed by atoms with Gasteiger partial charge in [-0.25, -0.2) is 9.97 Å². The molecular weight excluding hydrogens is 444 g/mol. The third-order valence-electron chi connectivity index (χ3n) is 6.04. The van der Waals surface area contributed by atoms with Crippen LogP contribution in [-0.4, -0.2) is 41.7 Å². The quantitative estimate of drug-likeness (QED) is 0.250. The number of rotatable bonds is 10. The Morgan fingerprint density at radius 1 is 1.35 bits per heavy atom. The van der Waals surface area contributed by atoms with E-state index in [1.54, 1.807) is 6.33 Å². The van der Waals surface area contributed by atoms with Crippen LogP contribution in [0.3, 0.4) is 0 Å². The maximum absolute atomic E-state index is 11.6. The van der Waals surface area contributed by atoms with Crippen molar-refractivity contribution < 1.29 is 14.3 Å². The predicted octanol–water partition coefficient (Wildman–Crippen LogP) is 5.06. The number of ether oxygens (including phenoxy) is 2. The summed E-state index contributed by atoms with van der Waals surface area (Å²) in [6.45, 7) is 13.0. The second-order valence-corrected chi connectivity index (χ2v) is 15.6. The minimum absolute atomic E-state index is 0.0329. The van der Waals surface area contributed by atoms with E-state index in [0.29, 0.717) is 13.3 Å². The first-order valence-corrected chi connectivity index (χ1v) is 15.6. The molecule has 1 atom stereocenters. The molecule has 1 N–H and O–H groups in total. The Bertz CT molecular complexity index is 1160. The summed E-state index contributed by atoms with van der Waals surface area (Å²) in [6.07, 6.45) is 7.08. The number of nitrogens with zero attached hydrogens (tertiary/aromatic N) is 3. The summed E-state index contributed by atoms with van der Waals surface area (Å²) in [4.78, 5) is 20.9. The van der Waals surface area contributed by atoms with Crippen LogP contribution in [0.15, 0.2) is 49.4 Å². The van der Waals surface area contributed by atoms with E-state index in [4.69, 9.17) is 9.47 Å². The SMILES string of the molecule is C=CC(=O)NCc1cccc(-c2ncnc3c2c(C2CCCO2)cn3COCC[Si](C)(C)C)c1. The van der Waals surface area contributed by atoms with Crippen molar-refractivity contribution in [3.8, 4) is 11.3 Å². The standard InChI is InChI=1S/C26H34N4O3Si/c1-5-23(31)27-15-19-8-6-9-20(14-19)25-24-21(22-10-7-11-33-22)16-30(26(24)29-17-28-25)18-32-12-13-34(2,3)4/h5-6,8-9,14,16-17,22H,1,7,10-13,15,18H2,2-4H3,(H,27,31). The van der Waals surface area contributed by atoms with E-state index in [-0.39, 0.29) is 12.0 Å². The van der Waals surface area contributed by atoms with Crippen LogP contribution >= 0.6 is 0 Å². The van der Waals surface area contributed by atoms with Gasteiger partial charge in [0.15, 0.2) is 0 Å². The summed E-state index contributed by atoms with van der Waals surface area (Å²) in [6, 6.07) is 9.21. The summed E-state index contributed by atoms with van der Waals surface area (Å²) in [5.41, 5.74) is 4.81. The summed E-state index contributed by atoms with van der Waals surface area (Å²) in [7, 11) is -1.15. The second-order valence-electron chi connectivity index (χ2n) is 9.95. The molecule has 0 bridgehead atoms. The van der Waals surface area contributed by atoms with Crippen molar-refractivity contribution >= 4 is 25.0 Å². The first-order valence-electron chi connectivity index (χ1n) is 11.9. The molecule has 4 rings (SSSR count). The molecular formula is C26H34N4O3Si. The normalized spacial score (nSPS) is 16.1. The fourth-order valence-electron chi connectivity index (χ4n) is 4.17. The van der Waals surface area contributed by atoms with Crippen LogP contribution < -0.4 is 5.32 Å². The van der Waals surface area contributed by atoms with Crippen LogP contribution in [-0.2, 0) is 27.5 Å². The highest BCUT2D eigenvalue weighted by atomic mass is 28.3. The molecule has 3 heterocycles. The fourth-order valence-corrected chi connectivity index (χ4v) is 4.93. The number of carbonyl (C=O) groups excluding carboxylic acids is 1. The molecule has 1 saturated heterocycles. The second kappa shape index (κ2) is 10.6. The van der Waals surface area contributed by atoms with Gasteiger partial charge in [-0.15, -0.1) is 0 Å². The van der Waals surface area contributed by atoms with Gasteiger partial charge in [-0.2, -0.15) is 0 Å². The highest BCUT2D eigenvalue weighted by molar-refractivity contribution is 6.76. The van der Waals surface area contributed by atoms with Crippen molar-refractivity contribution in [1.29, 1.82) is 0 Å². The summed E-state index contributed by atoms with van der Waals surface area (Å²) in [5, 5.41) is 3.85. The number of hydrogen-bond acceptors (Lipinski definition) is 5. The van der Waals surface area contributed by atoms with Gasteiger partial charge in [-0.1, -0.05) is 44.4 Å². The van der Waals surface area contributed by atoms with Gasteiger partial charge in [0, 0.05) is 45.2 Å². The molecule has 34 heavy (non-hydrogen) atoms. The lowest BCUT2D eigenvalue weighted by Crippen LogP contribution is -2.22. The Kier molecular flexibility index (Phi) is 7.60. The van der Waals surface area contributed by atoms with Gasteiger partial charge in [-0.3, -0.25) is 4.79 Å². The molecule has 1 aromatic carbocycles. The molecule has 3 aromatic rings. The van der Waals surface area contributed by atoms with Gasteiger partial charge < -0.3 is 19.4 Å². The molecule has 0 radical (unpaired) electrons. The average Bonchev–Trinajstić information content (AvgIpc) is 3.48. The minimum Gasteiger partial charge on any atom is -0.373 e. The molecule has 2 aromatic heterocycles. The Hall–Kier alpha value is -2.81. The zero-order valence-electron chi connectivity index (χ0n) is 20.3. The van der Waals surface area contributed by atoms with E-state index in [1.165, 1.54) is 6.08 Å². The minimum atomic E-state index is -1.15. The van der Waals surface area contributed by atoms with Crippen LogP contribution in [0, 0.1) is 0 Å². The maximum atomic E-state index is 11.6. The molecule has 7 nitrogen and oxygen atoms in total. The van der Waals surface area contributed by atoms with Crippen molar-refractivity contribution in [3.63, 3.8) is 0 Å². The van der Waals surface area contributed by atoms with Gasteiger partial charge in [0.2, 0.25) is 5.91 Å². The molecule has 1 amide bonds. The first-order chi connectivity index (χ1) is 16.4.